The van der Waals surface area contributed by atoms with Crippen molar-refractivity contribution in [2.24, 2.45) is 5.10 Å². The van der Waals surface area contributed by atoms with E-state index in [1.807, 2.05) is 73.7 Å². The summed E-state index contributed by atoms with van der Waals surface area (Å²) in [6, 6.07) is 24.0. The summed E-state index contributed by atoms with van der Waals surface area (Å²) in [5.74, 6) is 1.15. The number of nitrogens with zero attached hydrogens (tertiary/aromatic N) is 4. The Hall–Kier alpha value is -3.53. The first kappa shape index (κ1) is 21.7. The van der Waals surface area contributed by atoms with Crippen molar-refractivity contribution in [1.82, 2.24) is 15.0 Å². The molecule has 0 saturated heterocycles. The standard InChI is InChI=1S/C24H22IN7/c1-16-11-12-21(17(2)13-16)28-23-29-22(27-20-9-4-3-5-10-20)30-24(31-23)32-26-15-18-7-6-8-19(25)14-18/h3-15H,1-2H3,(H3,27,28,29,30,31,32)/b26-15+. The van der Waals surface area contributed by atoms with Crippen LogP contribution < -0.4 is 16.1 Å². The maximum atomic E-state index is 4.53. The number of anilines is 5. The summed E-state index contributed by atoms with van der Waals surface area (Å²) in [6.45, 7) is 4.11. The highest BCUT2D eigenvalue weighted by molar-refractivity contribution is 14.1. The van der Waals surface area contributed by atoms with Gasteiger partial charge in [0.25, 0.3) is 0 Å². The number of rotatable bonds is 7. The van der Waals surface area contributed by atoms with Gasteiger partial charge in [0.05, 0.1) is 6.21 Å². The van der Waals surface area contributed by atoms with Gasteiger partial charge in [0.1, 0.15) is 0 Å². The molecule has 4 aromatic rings. The van der Waals surface area contributed by atoms with Gasteiger partial charge in [-0.2, -0.15) is 20.1 Å². The SMILES string of the molecule is Cc1ccc(Nc2nc(N/N=C/c3cccc(I)c3)nc(Nc3ccccc3)n2)c(C)c1. The van der Waals surface area contributed by atoms with Crippen molar-refractivity contribution in [2.45, 2.75) is 13.8 Å². The Labute approximate surface area is 200 Å². The van der Waals surface area contributed by atoms with E-state index in [1.165, 1.54) is 5.56 Å². The molecule has 3 aromatic carbocycles. The molecule has 7 nitrogen and oxygen atoms in total. The van der Waals surface area contributed by atoms with Crippen LogP contribution >= 0.6 is 22.6 Å². The van der Waals surface area contributed by atoms with Gasteiger partial charge >= 0.3 is 0 Å². The second-order valence-electron chi connectivity index (χ2n) is 7.17. The minimum atomic E-state index is 0.326. The van der Waals surface area contributed by atoms with Crippen LogP contribution in [-0.2, 0) is 0 Å². The summed E-state index contributed by atoms with van der Waals surface area (Å²) in [4.78, 5) is 13.5. The van der Waals surface area contributed by atoms with E-state index in [-0.39, 0.29) is 0 Å². The van der Waals surface area contributed by atoms with Gasteiger partial charge in [0, 0.05) is 14.9 Å². The number of hydrogen-bond donors (Lipinski definition) is 3. The van der Waals surface area contributed by atoms with Gasteiger partial charge in [-0.25, -0.2) is 5.43 Å². The number of halogens is 1. The molecule has 0 fully saturated rings. The van der Waals surface area contributed by atoms with Crippen LogP contribution in [0.2, 0.25) is 0 Å². The molecule has 0 unspecified atom stereocenters. The van der Waals surface area contributed by atoms with E-state index in [0.717, 1.165) is 26.1 Å². The number of hydrazone groups is 1. The minimum Gasteiger partial charge on any atom is -0.324 e. The van der Waals surface area contributed by atoms with Crippen molar-refractivity contribution < 1.29 is 0 Å². The van der Waals surface area contributed by atoms with Gasteiger partial charge in [0.15, 0.2) is 0 Å². The molecular formula is C24H22IN7. The van der Waals surface area contributed by atoms with E-state index >= 15 is 0 Å². The highest BCUT2D eigenvalue weighted by atomic mass is 127. The maximum absolute atomic E-state index is 4.53. The zero-order valence-electron chi connectivity index (χ0n) is 17.7. The van der Waals surface area contributed by atoms with Crippen LogP contribution in [0.3, 0.4) is 0 Å². The Balaban J connectivity index is 1.60. The lowest BCUT2D eigenvalue weighted by Crippen LogP contribution is -2.07. The van der Waals surface area contributed by atoms with Gasteiger partial charge in [-0.1, -0.05) is 48.0 Å². The third-order valence-corrected chi connectivity index (χ3v) is 5.19. The molecule has 0 bridgehead atoms. The minimum absolute atomic E-state index is 0.326. The Morgan fingerprint density at radius 1 is 0.781 bits per heavy atom. The number of nitrogens with one attached hydrogen (secondary N) is 3. The number of benzene rings is 3. The summed E-state index contributed by atoms with van der Waals surface area (Å²) >= 11 is 2.27. The molecule has 0 spiro atoms. The van der Waals surface area contributed by atoms with Crippen LogP contribution in [0.4, 0.5) is 29.2 Å². The first-order valence-corrected chi connectivity index (χ1v) is 11.1. The number of aryl methyl sites for hydroxylation is 2. The molecule has 0 saturated carbocycles. The number of aromatic nitrogens is 3. The van der Waals surface area contributed by atoms with E-state index in [4.69, 9.17) is 0 Å². The predicted octanol–water partition coefficient (Wildman–Crippen LogP) is 6.03. The van der Waals surface area contributed by atoms with Crippen molar-refractivity contribution in [2.75, 3.05) is 16.1 Å². The highest BCUT2D eigenvalue weighted by Crippen LogP contribution is 2.22. The smallest absolute Gasteiger partial charge is 0.250 e. The Morgan fingerprint density at radius 3 is 2.28 bits per heavy atom. The van der Waals surface area contributed by atoms with Crippen LogP contribution in [-0.4, -0.2) is 21.2 Å². The molecule has 0 aliphatic carbocycles. The van der Waals surface area contributed by atoms with Crippen molar-refractivity contribution in [3.05, 3.63) is 93.1 Å². The molecule has 160 valence electrons. The predicted molar refractivity (Wildman–Crippen MR) is 139 cm³/mol. The number of para-hydroxylation sites is 1. The van der Waals surface area contributed by atoms with Gasteiger partial charge < -0.3 is 10.6 Å². The normalized spacial score (nSPS) is 10.8. The maximum Gasteiger partial charge on any atom is 0.250 e. The average molecular weight is 535 g/mol. The van der Waals surface area contributed by atoms with Crippen molar-refractivity contribution >= 4 is 58.0 Å². The fourth-order valence-corrected chi connectivity index (χ4v) is 3.58. The second kappa shape index (κ2) is 10.2. The zero-order valence-corrected chi connectivity index (χ0v) is 19.8. The summed E-state index contributed by atoms with van der Waals surface area (Å²) in [6.07, 6.45) is 1.73. The van der Waals surface area contributed by atoms with Crippen LogP contribution in [0.15, 0.2) is 77.9 Å². The zero-order chi connectivity index (χ0) is 22.3. The summed E-state index contributed by atoms with van der Waals surface area (Å²) < 4.78 is 1.14. The third-order valence-electron chi connectivity index (χ3n) is 4.52. The van der Waals surface area contributed by atoms with Crippen LogP contribution in [0.25, 0.3) is 0 Å². The Bertz CT molecular complexity index is 1240. The monoisotopic (exact) mass is 535 g/mol. The first-order valence-electron chi connectivity index (χ1n) is 10.0. The lowest BCUT2D eigenvalue weighted by Gasteiger charge is -2.12. The molecule has 0 atom stereocenters. The lowest BCUT2D eigenvalue weighted by molar-refractivity contribution is 1.04. The second-order valence-corrected chi connectivity index (χ2v) is 8.41. The molecule has 0 aliphatic rings. The fourth-order valence-electron chi connectivity index (χ4n) is 3.01. The average Bonchev–Trinajstić information content (AvgIpc) is 2.76. The molecule has 8 heteroatoms. The van der Waals surface area contributed by atoms with E-state index in [9.17, 15) is 0 Å². The van der Waals surface area contributed by atoms with E-state index < -0.39 is 0 Å². The van der Waals surface area contributed by atoms with Gasteiger partial charge in [0.2, 0.25) is 17.8 Å². The van der Waals surface area contributed by atoms with Crippen LogP contribution in [0, 0.1) is 17.4 Å². The van der Waals surface area contributed by atoms with E-state index in [1.54, 1.807) is 6.21 Å². The van der Waals surface area contributed by atoms with Crippen LogP contribution in [0.5, 0.6) is 0 Å². The molecule has 1 heterocycles. The van der Waals surface area contributed by atoms with Gasteiger partial charge in [-0.05, 0) is 77.9 Å². The Kier molecular flexibility index (Phi) is 6.90. The van der Waals surface area contributed by atoms with Gasteiger partial charge in [-0.15, -0.1) is 0 Å². The quantitative estimate of drug-likeness (QED) is 0.152. The first-order chi connectivity index (χ1) is 15.5. The van der Waals surface area contributed by atoms with E-state index in [2.05, 4.69) is 71.7 Å². The van der Waals surface area contributed by atoms with Crippen molar-refractivity contribution in [3.63, 3.8) is 0 Å². The Morgan fingerprint density at radius 2 is 1.53 bits per heavy atom. The summed E-state index contributed by atoms with van der Waals surface area (Å²) in [5.41, 5.74) is 8.01. The molecule has 0 radical (unpaired) electrons. The van der Waals surface area contributed by atoms with Crippen molar-refractivity contribution in [1.29, 1.82) is 0 Å². The lowest BCUT2D eigenvalue weighted by atomic mass is 10.1. The molecule has 0 aliphatic heterocycles. The number of hydrogen-bond acceptors (Lipinski definition) is 7. The molecular weight excluding hydrogens is 513 g/mol. The molecule has 3 N–H and O–H groups in total. The highest BCUT2D eigenvalue weighted by Gasteiger charge is 2.09. The van der Waals surface area contributed by atoms with Gasteiger partial charge in [-0.3, -0.25) is 0 Å². The summed E-state index contributed by atoms with van der Waals surface area (Å²) in [7, 11) is 0. The molecule has 32 heavy (non-hydrogen) atoms. The topological polar surface area (TPSA) is 87.1 Å². The largest absolute Gasteiger partial charge is 0.324 e. The van der Waals surface area contributed by atoms with Crippen LogP contribution in [0.1, 0.15) is 16.7 Å². The fraction of sp³-hybridized carbons (Fsp3) is 0.0833. The van der Waals surface area contributed by atoms with Crippen molar-refractivity contribution in [3.8, 4) is 0 Å². The third kappa shape index (κ3) is 6.01. The van der Waals surface area contributed by atoms with E-state index in [0.29, 0.717) is 17.8 Å². The molecule has 1 aromatic heterocycles. The molecule has 0 amide bonds. The summed E-state index contributed by atoms with van der Waals surface area (Å²) in [5, 5.41) is 10.8. The molecule has 4 rings (SSSR count).